The molecule has 8 aromatic carbocycles. The summed E-state index contributed by atoms with van der Waals surface area (Å²) in [6.45, 7) is 0. The second kappa shape index (κ2) is 12.5. The molecule has 3 nitrogen and oxygen atoms in total. The van der Waals surface area contributed by atoms with Crippen LogP contribution in [-0.4, -0.2) is 22.6 Å². The monoisotopic (exact) mass is 759 g/mol. The Labute approximate surface area is 334 Å². The van der Waals surface area contributed by atoms with Crippen molar-refractivity contribution in [3.05, 3.63) is 200 Å². The fourth-order valence-corrected chi connectivity index (χ4v) is 15.8. The van der Waals surface area contributed by atoms with Crippen LogP contribution < -0.4 is 20.7 Å². The molecule has 4 heterocycles. The summed E-state index contributed by atoms with van der Waals surface area (Å²) in [4.78, 5) is 11.3. The SMILES string of the molecule is c1ccc(-c2nc(-c3cccc(-n4c5ccccc5c5cc6c(cc54)sc4ccccc46)c3)nc3c2[Si](c2ccccc2)(c2ccccc2)c2ccccc2-3)cc1. The van der Waals surface area contributed by atoms with Crippen LogP contribution in [0.4, 0.5) is 0 Å². The maximum Gasteiger partial charge on any atom is 0.185 e. The number of thiophene rings is 1. The molecule has 5 heteroatoms. The molecular formula is C52H33N3SSi. The summed E-state index contributed by atoms with van der Waals surface area (Å²) >= 11 is 1.86. The van der Waals surface area contributed by atoms with Gasteiger partial charge in [0.25, 0.3) is 0 Å². The molecule has 0 amide bonds. The van der Waals surface area contributed by atoms with Gasteiger partial charge in [0.15, 0.2) is 13.9 Å². The summed E-state index contributed by atoms with van der Waals surface area (Å²) in [5.41, 5.74) is 8.77. The Morgan fingerprint density at radius 1 is 0.421 bits per heavy atom. The van der Waals surface area contributed by atoms with Crippen molar-refractivity contribution < 1.29 is 0 Å². The largest absolute Gasteiger partial charge is 0.309 e. The Hall–Kier alpha value is -6.92. The van der Waals surface area contributed by atoms with Gasteiger partial charge in [-0.05, 0) is 52.0 Å². The molecule has 0 unspecified atom stereocenters. The Morgan fingerprint density at radius 2 is 1.05 bits per heavy atom. The number of para-hydroxylation sites is 1. The number of benzene rings is 8. The van der Waals surface area contributed by atoms with Crippen molar-refractivity contribution in [2.24, 2.45) is 0 Å². The Bertz CT molecular complexity index is 3310. The smallest absolute Gasteiger partial charge is 0.185 e. The second-order valence-electron chi connectivity index (χ2n) is 14.9. The van der Waals surface area contributed by atoms with Gasteiger partial charge in [0.2, 0.25) is 0 Å². The average Bonchev–Trinajstić information content (AvgIpc) is 3.92. The molecule has 1 aliphatic rings. The maximum atomic E-state index is 5.64. The first-order valence-corrected chi connectivity index (χ1v) is 22.2. The molecule has 0 N–H and O–H groups in total. The van der Waals surface area contributed by atoms with Gasteiger partial charge in [-0.1, -0.05) is 164 Å². The van der Waals surface area contributed by atoms with Gasteiger partial charge in [-0.15, -0.1) is 11.3 Å². The molecule has 0 fully saturated rings. The van der Waals surface area contributed by atoms with E-state index in [1.807, 2.05) is 11.3 Å². The number of hydrogen-bond donors (Lipinski definition) is 0. The van der Waals surface area contributed by atoms with E-state index in [0.29, 0.717) is 0 Å². The van der Waals surface area contributed by atoms with E-state index < -0.39 is 8.07 Å². The highest BCUT2D eigenvalue weighted by Crippen LogP contribution is 2.41. The summed E-state index contributed by atoms with van der Waals surface area (Å²) in [5.74, 6) is 0.725. The Morgan fingerprint density at radius 3 is 1.84 bits per heavy atom. The molecule has 0 atom stereocenters. The predicted octanol–water partition coefficient (Wildman–Crippen LogP) is 10.6. The highest BCUT2D eigenvalue weighted by Gasteiger charge is 2.51. The average molecular weight is 760 g/mol. The molecular weight excluding hydrogens is 727 g/mol. The highest BCUT2D eigenvalue weighted by molar-refractivity contribution is 7.26. The molecule has 0 spiro atoms. The van der Waals surface area contributed by atoms with E-state index in [-0.39, 0.29) is 0 Å². The van der Waals surface area contributed by atoms with Crippen molar-refractivity contribution in [1.82, 2.24) is 14.5 Å². The van der Waals surface area contributed by atoms with Gasteiger partial charge in [0.05, 0.1) is 22.4 Å². The lowest BCUT2D eigenvalue weighted by molar-refractivity contribution is 1.16. The standard InChI is InChI=1S/C52H33N3SSi/c1-4-17-34(18-5-1)49-51-50(41-27-12-15-30-48(41)57(51,37-21-6-2-7-22-37)38-23-8-3-9-24-38)54-52(53-49)35-19-16-20-36(31-35)55-44-28-13-10-25-39(44)42-32-43-40-26-11-14-29-46(40)56-47(43)33-45(42)55/h1-33H. The Balaban J connectivity index is 1.13. The normalized spacial score (nSPS) is 13.1. The van der Waals surface area contributed by atoms with Crippen molar-refractivity contribution >= 4 is 82.1 Å². The van der Waals surface area contributed by atoms with Gasteiger partial charge in [0, 0.05) is 58.5 Å². The number of aromatic nitrogens is 3. The van der Waals surface area contributed by atoms with E-state index in [1.54, 1.807) is 0 Å². The van der Waals surface area contributed by atoms with Crippen LogP contribution in [0.2, 0.25) is 0 Å². The topological polar surface area (TPSA) is 30.7 Å². The molecule has 0 saturated carbocycles. The van der Waals surface area contributed by atoms with Crippen molar-refractivity contribution in [3.63, 3.8) is 0 Å². The van der Waals surface area contributed by atoms with Crippen LogP contribution in [-0.2, 0) is 0 Å². The minimum Gasteiger partial charge on any atom is -0.309 e. The van der Waals surface area contributed by atoms with Crippen LogP contribution >= 0.6 is 11.3 Å². The van der Waals surface area contributed by atoms with E-state index in [0.717, 1.165) is 34.0 Å². The van der Waals surface area contributed by atoms with Crippen molar-refractivity contribution in [3.8, 4) is 39.6 Å². The van der Waals surface area contributed by atoms with Gasteiger partial charge in [-0.3, -0.25) is 0 Å². The molecule has 266 valence electrons. The Kier molecular flexibility index (Phi) is 7.12. The lowest BCUT2D eigenvalue weighted by Crippen LogP contribution is -2.73. The van der Waals surface area contributed by atoms with E-state index in [1.165, 1.54) is 68.3 Å². The molecule has 0 saturated heterocycles. The van der Waals surface area contributed by atoms with Crippen LogP contribution in [0.1, 0.15) is 0 Å². The number of fused-ring (bicyclic) bond motifs is 9. The third kappa shape index (κ3) is 4.70. The van der Waals surface area contributed by atoms with Crippen LogP contribution in [0.3, 0.4) is 0 Å². The van der Waals surface area contributed by atoms with E-state index in [2.05, 4.69) is 205 Å². The molecule has 1 aliphatic heterocycles. The van der Waals surface area contributed by atoms with Gasteiger partial charge in [0.1, 0.15) is 0 Å². The third-order valence-electron chi connectivity index (χ3n) is 11.9. The first kappa shape index (κ1) is 32.3. The minimum absolute atomic E-state index is 0.725. The second-order valence-corrected chi connectivity index (χ2v) is 19.7. The summed E-state index contributed by atoms with van der Waals surface area (Å²) in [7, 11) is -2.86. The summed E-state index contributed by atoms with van der Waals surface area (Å²) in [5, 5.41) is 10.4. The zero-order chi connectivity index (χ0) is 37.5. The zero-order valence-corrected chi connectivity index (χ0v) is 32.6. The predicted molar refractivity (Wildman–Crippen MR) is 243 cm³/mol. The van der Waals surface area contributed by atoms with Gasteiger partial charge < -0.3 is 4.57 Å². The molecule has 0 radical (unpaired) electrons. The van der Waals surface area contributed by atoms with Crippen molar-refractivity contribution in [2.75, 3.05) is 0 Å². The van der Waals surface area contributed by atoms with Crippen LogP contribution in [0.5, 0.6) is 0 Å². The maximum absolute atomic E-state index is 5.64. The first-order valence-electron chi connectivity index (χ1n) is 19.4. The van der Waals surface area contributed by atoms with Crippen molar-refractivity contribution in [2.45, 2.75) is 0 Å². The van der Waals surface area contributed by atoms with Gasteiger partial charge in [-0.25, -0.2) is 9.97 Å². The van der Waals surface area contributed by atoms with Crippen molar-refractivity contribution in [1.29, 1.82) is 0 Å². The summed E-state index contributed by atoms with van der Waals surface area (Å²) < 4.78 is 5.03. The molecule has 3 aromatic heterocycles. The fraction of sp³-hybridized carbons (Fsp3) is 0. The molecule has 12 rings (SSSR count). The van der Waals surface area contributed by atoms with Crippen LogP contribution in [0.25, 0.3) is 81.6 Å². The molecule has 0 aliphatic carbocycles. The lowest BCUT2D eigenvalue weighted by Gasteiger charge is -2.32. The first-order chi connectivity index (χ1) is 28.3. The highest BCUT2D eigenvalue weighted by atomic mass is 32.1. The number of rotatable bonds is 5. The van der Waals surface area contributed by atoms with E-state index in [4.69, 9.17) is 9.97 Å². The summed E-state index contributed by atoms with van der Waals surface area (Å²) in [6, 6.07) is 73.0. The fourth-order valence-electron chi connectivity index (χ4n) is 9.49. The van der Waals surface area contributed by atoms with Gasteiger partial charge >= 0.3 is 0 Å². The third-order valence-corrected chi connectivity index (χ3v) is 17.9. The van der Waals surface area contributed by atoms with Crippen LogP contribution in [0.15, 0.2) is 200 Å². The molecule has 57 heavy (non-hydrogen) atoms. The van der Waals surface area contributed by atoms with E-state index >= 15 is 0 Å². The number of hydrogen-bond acceptors (Lipinski definition) is 3. The van der Waals surface area contributed by atoms with E-state index in [9.17, 15) is 0 Å². The van der Waals surface area contributed by atoms with Gasteiger partial charge in [-0.2, -0.15) is 0 Å². The van der Waals surface area contributed by atoms with Crippen LogP contribution in [0, 0.1) is 0 Å². The summed E-state index contributed by atoms with van der Waals surface area (Å²) in [6.07, 6.45) is 0. The zero-order valence-electron chi connectivity index (χ0n) is 30.8. The molecule has 0 bridgehead atoms. The molecule has 11 aromatic rings. The lowest BCUT2D eigenvalue weighted by atomic mass is 10.1. The quantitative estimate of drug-likeness (QED) is 0.164. The minimum atomic E-state index is -2.86. The number of nitrogens with zero attached hydrogens (tertiary/aromatic N) is 3.